The highest BCUT2D eigenvalue weighted by atomic mass is 16.4. The first-order chi connectivity index (χ1) is 9.45. The molecule has 1 heterocycles. The normalized spacial score (nSPS) is 18.8. The number of nitrogens with zero attached hydrogens (tertiary/aromatic N) is 2. The first-order valence-electron chi connectivity index (χ1n) is 5.99. The summed E-state index contributed by atoms with van der Waals surface area (Å²) in [5.74, 6) is -1.89. The van der Waals surface area contributed by atoms with E-state index in [0.717, 1.165) is 10.5 Å². The predicted octanol–water partition coefficient (Wildman–Crippen LogP) is 0.557. The van der Waals surface area contributed by atoms with Gasteiger partial charge >= 0.3 is 12.0 Å². The Morgan fingerprint density at radius 3 is 2.35 bits per heavy atom. The van der Waals surface area contributed by atoms with E-state index in [4.69, 9.17) is 10.2 Å². The van der Waals surface area contributed by atoms with E-state index in [-0.39, 0.29) is 0 Å². The van der Waals surface area contributed by atoms with E-state index in [1.165, 1.54) is 0 Å². The van der Waals surface area contributed by atoms with Crippen LogP contribution in [0.4, 0.5) is 10.5 Å². The summed E-state index contributed by atoms with van der Waals surface area (Å²) in [5.41, 5.74) is 1.40. The molecule has 2 N–H and O–H groups in total. The highest BCUT2D eigenvalue weighted by molar-refractivity contribution is 6.15. The van der Waals surface area contributed by atoms with Crippen LogP contribution in [0, 0.1) is 6.92 Å². The fourth-order valence-corrected chi connectivity index (χ4v) is 2.12. The van der Waals surface area contributed by atoms with Crippen LogP contribution in [-0.2, 0) is 9.59 Å². The Morgan fingerprint density at radius 1 is 1.25 bits per heavy atom. The molecule has 1 aromatic carbocycles. The van der Waals surface area contributed by atoms with Crippen molar-refractivity contribution in [2.75, 3.05) is 11.6 Å². The Labute approximate surface area is 115 Å². The van der Waals surface area contributed by atoms with E-state index in [9.17, 15) is 14.4 Å². The van der Waals surface area contributed by atoms with Gasteiger partial charge < -0.3 is 10.2 Å². The molecule has 0 saturated carbocycles. The average molecular weight is 278 g/mol. The number of urea groups is 1. The number of imide groups is 1. The van der Waals surface area contributed by atoms with E-state index in [2.05, 4.69) is 0 Å². The lowest BCUT2D eigenvalue weighted by Crippen LogP contribution is -2.36. The Morgan fingerprint density at radius 2 is 1.85 bits per heavy atom. The quantitative estimate of drug-likeness (QED) is 0.784. The Kier molecular flexibility index (Phi) is 3.71. The monoisotopic (exact) mass is 278 g/mol. The second-order valence-electron chi connectivity index (χ2n) is 4.51. The lowest BCUT2D eigenvalue weighted by atomic mass is 10.1. The lowest BCUT2D eigenvalue weighted by Gasteiger charge is -2.20. The number of anilines is 1. The number of aliphatic hydroxyl groups is 1. The van der Waals surface area contributed by atoms with Crippen LogP contribution in [0.15, 0.2) is 24.3 Å². The van der Waals surface area contributed by atoms with Crippen molar-refractivity contribution < 1.29 is 24.6 Å². The number of carbonyl (C=O) groups is 3. The smallest absolute Gasteiger partial charge is 0.333 e. The number of carbonyl (C=O) groups excluding carboxylic acids is 2. The van der Waals surface area contributed by atoms with E-state index in [1.807, 2.05) is 6.92 Å². The van der Waals surface area contributed by atoms with Crippen molar-refractivity contribution in [1.29, 1.82) is 0 Å². The largest absolute Gasteiger partial charge is 0.481 e. The van der Waals surface area contributed by atoms with Gasteiger partial charge in [-0.1, -0.05) is 17.7 Å². The molecule has 1 aliphatic heterocycles. The second kappa shape index (κ2) is 5.30. The zero-order chi connectivity index (χ0) is 14.9. The minimum Gasteiger partial charge on any atom is -0.481 e. The molecule has 1 fully saturated rings. The van der Waals surface area contributed by atoms with Crippen LogP contribution in [-0.4, -0.2) is 45.8 Å². The van der Waals surface area contributed by atoms with Crippen LogP contribution in [0.5, 0.6) is 0 Å². The maximum absolute atomic E-state index is 12.1. The van der Waals surface area contributed by atoms with Crippen LogP contribution in [0.1, 0.15) is 12.0 Å². The topological polar surface area (TPSA) is 98.2 Å². The van der Waals surface area contributed by atoms with Crippen molar-refractivity contribution in [2.45, 2.75) is 19.4 Å². The van der Waals surface area contributed by atoms with Crippen molar-refractivity contribution in [1.82, 2.24) is 4.90 Å². The van der Waals surface area contributed by atoms with Crippen LogP contribution in [0.3, 0.4) is 0 Å². The molecular weight excluding hydrogens is 264 g/mol. The molecule has 7 nitrogen and oxygen atoms in total. The molecule has 1 aromatic rings. The summed E-state index contributed by atoms with van der Waals surface area (Å²) in [6.07, 6.45) is -0.505. The third kappa shape index (κ3) is 2.35. The summed E-state index contributed by atoms with van der Waals surface area (Å²) in [7, 11) is 0. The van der Waals surface area contributed by atoms with Gasteiger partial charge in [-0.25, -0.2) is 9.69 Å². The number of carboxylic acids is 1. The molecule has 0 spiro atoms. The molecule has 1 atom stereocenters. The van der Waals surface area contributed by atoms with Crippen molar-refractivity contribution in [3.8, 4) is 0 Å². The van der Waals surface area contributed by atoms with Gasteiger partial charge in [0, 0.05) is 5.69 Å². The molecular formula is C13H14N2O5. The molecule has 0 aliphatic carbocycles. The molecule has 2 rings (SSSR count). The zero-order valence-corrected chi connectivity index (χ0v) is 10.8. The van der Waals surface area contributed by atoms with E-state index >= 15 is 0 Å². The van der Waals surface area contributed by atoms with Gasteiger partial charge in [0.15, 0.2) is 0 Å². The minimum absolute atomic E-state index is 0.427. The number of benzene rings is 1. The molecule has 7 heteroatoms. The third-order valence-corrected chi connectivity index (χ3v) is 3.12. The summed E-state index contributed by atoms with van der Waals surface area (Å²) >= 11 is 0. The number of aliphatic carboxylic acids is 1. The van der Waals surface area contributed by atoms with Crippen molar-refractivity contribution in [3.05, 3.63) is 29.8 Å². The van der Waals surface area contributed by atoms with Gasteiger partial charge in [0.25, 0.3) is 5.91 Å². The molecule has 1 saturated heterocycles. The molecule has 20 heavy (non-hydrogen) atoms. The second-order valence-corrected chi connectivity index (χ2v) is 4.51. The highest BCUT2D eigenvalue weighted by Gasteiger charge is 2.46. The summed E-state index contributed by atoms with van der Waals surface area (Å²) in [6.45, 7) is 1.10. The number of hydrogen-bond donors (Lipinski definition) is 2. The van der Waals surface area contributed by atoms with Gasteiger partial charge in [0.1, 0.15) is 12.8 Å². The summed E-state index contributed by atoms with van der Waals surface area (Å²) in [5, 5.41) is 18.0. The number of aliphatic hydroxyl groups excluding tert-OH is 1. The predicted molar refractivity (Wildman–Crippen MR) is 69.0 cm³/mol. The van der Waals surface area contributed by atoms with Crippen LogP contribution in [0.25, 0.3) is 0 Å². The average Bonchev–Trinajstić information content (AvgIpc) is 2.62. The number of aryl methyl sites for hydroxylation is 1. The Bertz CT molecular complexity index is 554. The lowest BCUT2D eigenvalue weighted by molar-refractivity contribution is -0.140. The van der Waals surface area contributed by atoms with Crippen LogP contribution >= 0.6 is 0 Å². The number of rotatable bonds is 4. The highest BCUT2D eigenvalue weighted by Crippen LogP contribution is 2.27. The maximum atomic E-state index is 12.1. The summed E-state index contributed by atoms with van der Waals surface area (Å²) in [6, 6.07) is 4.94. The van der Waals surface area contributed by atoms with Crippen LogP contribution in [0.2, 0.25) is 0 Å². The minimum atomic E-state index is -1.19. The fraction of sp³-hybridized carbons (Fsp3) is 0.308. The number of hydrogen-bond acceptors (Lipinski definition) is 4. The number of carboxylic acid groups (broad SMARTS) is 1. The summed E-state index contributed by atoms with van der Waals surface area (Å²) < 4.78 is 0. The molecule has 1 unspecified atom stereocenters. The SMILES string of the molecule is Cc1ccc(N2C(=O)N(CO)C(=O)C2CC(=O)O)cc1. The first kappa shape index (κ1) is 14.0. The van der Waals surface area contributed by atoms with E-state index in [1.54, 1.807) is 24.3 Å². The van der Waals surface area contributed by atoms with Gasteiger partial charge in [-0.15, -0.1) is 0 Å². The number of amides is 3. The third-order valence-electron chi connectivity index (χ3n) is 3.12. The summed E-state index contributed by atoms with van der Waals surface area (Å²) in [4.78, 5) is 36.7. The van der Waals surface area contributed by atoms with Crippen molar-refractivity contribution in [3.63, 3.8) is 0 Å². The van der Waals surface area contributed by atoms with Gasteiger partial charge in [0.2, 0.25) is 0 Å². The van der Waals surface area contributed by atoms with Gasteiger partial charge in [0.05, 0.1) is 6.42 Å². The van der Waals surface area contributed by atoms with E-state index in [0.29, 0.717) is 10.6 Å². The molecule has 3 amide bonds. The van der Waals surface area contributed by atoms with E-state index < -0.39 is 37.1 Å². The maximum Gasteiger partial charge on any atom is 0.333 e. The van der Waals surface area contributed by atoms with Gasteiger partial charge in [-0.05, 0) is 19.1 Å². The molecule has 1 aliphatic rings. The zero-order valence-electron chi connectivity index (χ0n) is 10.8. The standard InChI is InChI=1S/C13H14N2O5/c1-8-2-4-9(5-3-8)15-10(6-11(17)18)12(19)14(7-16)13(15)20/h2-5,10,16H,6-7H2,1H3,(H,17,18). The molecule has 0 radical (unpaired) electrons. The molecule has 0 aromatic heterocycles. The fourth-order valence-electron chi connectivity index (χ4n) is 2.12. The van der Waals surface area contributed by atoms with Crippen LogP contribution < -0.4 is 4.90 Å². The Balaban J connectivity index is 2.40. The van der Waals surface area contributed by atoms with Crippen molar-refractivity contribution >= 4 is 23.6 Å². The molecule has 0 bridgehead atoms. The Hall–Kier alpha value is -2.41. The van der Waals surface area contributed by atoms with Crippen molar-refractivity contribution in [2.24, 2.45) is 0 Å². The van der Waals surface area contributed by atoms with Gasteiger partial charge in [-0.3, -0.25) is 14.5 Å². The van der Waals surface area contributed by atoms with Gasteiger partial charge in [-0.2, -0.15) is 0 Å². The first-order valence-corrected chi connectivity index (χ1v) is 5.99. The molecule has 106 valence electrons.